The zero-order valence-electron chi connectivity index (χ0n) is 17.1. The van der Waals surface area contributed by atoms with E-state index in [1.807, 2.05) is 36.1 Å². The standard InChI is InChI=1S/C23H29NO4S/c1-18-7-13-21(14-8-18)29(26,27)17-15-23(25)24-16-5-3-4-6-22(24)19-9-11-20(28-2)12-10-19/h7-14,22H,3-6,15-17H2,1-2H3. The summed E-state index contributed by atoms with van der Waals surface area (Å²) in [4.78, 5) is 15.2. The van der Waals surface area contributed by atoms with Crippen LogP contribution in [0.3, 0.4) is 0 Å². The predicted molar refractivity (Wildman–Crippen MR) is 114 cm³/mol. The quantitative estimate of drug-likeness (QED) is 0.705. The summed E-state index contributed by atoms with van der Waals surface area (Å²) in [6, 6.07) is 14.6. The molecule has 0 aromatic heterocycles. The SMILES string of the molecule is COc1ccc(C2CCCCCN2C(=O)CCS(=O)(=O)c2ccc(C)cc2)cc1. The Morgan fingerprint density at radius 3 is 2.38 bits per heavy atom. The second-order valence-electron chi connectivity index (χ2n) is 7.61. The van der Waals surface area contributed by atoms with Crippen molar-refractivity contribution < 1.29 is 17.9 Å². The molecule has 1 fully saturated rings. The van der Waals surface area contributed by atoms with Gasteiger partial charge in [0, 0.05) is 13.0 Å². The normalized spacial score (nSPS) is 17.6. The van der Waals surface area contributed by atoms with Gasteiger partial charge in [-0.25, -0.2) is 8.42 Å². The summed E-state index contributed by atoms with van der Waals surface area (Å²) >= 11 is 0. The lowest BCUT2D eigenvalue weighted by Crippen LogP contribution is -2.35. The van der Waals surface area contributed by atoms with Crippen molar-refractivity contribution in [2.45, 2.75) is 50.0 Å². The van der Waals surface area contributed by atoms with E-state index in [2.05, 4.69) is 0 Å². The van der Waals surface area contributed by atoms with Crippen molar-refractivity contribution in [1.29, 1.82) is 0 Å². The fourth-order valence-corrected chi connectivity index (χ4v) is 5.04. The second kappa shape index (κ2) is 9.44. The van der Waals surface area contributed by atoms with Crippen LogP contribution in [0.1, 0.15) is 49.3 Å². The van der Waals surface area contributed by atoms with Gasteiger partial charge in [0.25, 0.3) is 0 Å². The Hall–Kier alpha value is -2.34. The zero-order valence-corrected chi connectivity index (χ0v) is 18.0. The predicted octanol–water partition coefficient (Wildman–Crippen LogP) is 4.31. The topological polar surface area (TPSA) is 63.7 Å². The van der Waals surface area contributed by atoms with Gasteiger partial charge in [0.05, 0.1) is 23.8 Å². The summed E-state index contributed by atoms with van der Waals surface area (Å²) in [5.74, 6) is 0.522. The monoisotopic (exact) mass is 415 g/mol. The Labute approximate surface area is 173 Å². The Bertz CT molecular complexity index is 920. The Balaban J connectivity index is 1.73. The van der Waals surface area contributed by atoms with E-state index in [0.29, 0.717) is 6.54 Å². The zero-order chi connectivity index (χ0) is 20.9. The maximum absolute atomic E-state index is 13.0. The third kappa shape index (κ3) is 5.38. The smallest absolute Gasteiger partial charge is 0.224 e. The van der Waals surface area contributed by atoms with Crippen LogP contribution in [0, 0.1) is 6.92 Å². The number of sulfone groups is 1. The lowest BCUT2D eigenvalue weighted by Gasteiger charge is -2.30. The summed E-state index contributed by atoms with van der Waals surface area (Å²) in [6.07, 6.45) is 3.98. The molecule has 5 nitrogen and oxygen atoms in total. The number of hydrogen-bond acceptors (Lipinski definition) is 4. The minimum absolute atomic E-state index is 0.00284. The highest BCUT2D eigenvalue weighted by molar-refractivity contribution is 7.91. The number of nitrogens with zero attached hydrogens (tertiary/aromatic N) is 1. The molecule has 0 saturated carbocycles. The van der Waals surface area contributed by atoms with Gasteiger partial charge in [0.2, 0.25) is 5.91 Å². The van der Waals surface area contributed by atoms with Crippen LogP contribution >= 0.6 is 0 Å². The summed E-state index contributed by atoms with van der Waals surface area (Å²) in [7, 11) is -1.85. The number of benzene rings is 2. The molecule has 1 heterocycles. The molecule has 1 unspecified atom stereocenters. The van der Waals surface area contributed by atoms with Crippen LogP contribution in [0.5, 0.6) is 5.75 Å². The van der Waals surface area contributed by atoms with Gasteiger partial charge in [-0.1, -0.05) is 42.7 Å². The van der Waals surface area contributed by atoms with E-state index in [1.165, 1.54) is 0 Å². The van der Waals surface area contributed by atoms with Crippen LogP contribution in [-0.2, 0) is 14.6 Å². The van der Waals surface area contributed by atoms with E-state index in [1.54, 1.807) is 31.4 Å². The van der Waals surface area contributed by atoms with E-state index in [9.17, 15) is 13.2 Å². The number of rotatable bonds is 6. The number of likely N-dealkylation sites (tertiary alicyclic amines) is 1. The molecule has 29 heavy (non-hydrogen) atoms. The summed E-state index contributed by atoms with van der Waals surface area (Å²) < 4.78 is 30.5. The van der Waals surface area contributed by atoms with Crippen molar-refractivity contribution in [3.05, 3.63) is 59.7 Å². The Morgan fingerprint density at radius 2 is 1.72 bits per heavy atom. The Kier molecular flexibility index (Phi) is 6.96. The Morgan fingerprint density at radius 1 is 1.03 bits per heavy atom. The highest BCUT2D eigenvalue weighted by atomic mass is 32.2. The van der Waals surface area contributed by atoms with E-state index in [0.717, 1.165) is 42.6 Å². The van der Waals surface area contributed by atoms with Gasteiger partial charge in [-0.2, -0.15) is 0 Å². The number of aryl methyl sites for hydroxylation is 1. The third-order valence-electron chi connectivity index (χ3n) is 5.54. The molecule has 1 atom stereocenters. The van der Waals surface area contributed by atoms with Crippen molar-refractivity contribution >= 4 is 15.7 Å². The molecule has 2 aromatic rings. The lowest BCUT2D eigenvalue weighted by atomic mass is 10.0. The molecule has 1 saturated heterocycles. The lowest BCUT2D eigenvalue weighted by molar-refractivity contribution is -0.133. The van der Waals surface area contributed by atoms with Gasteiger partial charge in [0.15, 0.2) is 9.84 Å². The number of carbonyl (C=O) groups excluding carboxylic acids is 1. The largest absolute Gasteiger partial charge is 0.497 e. The summed E-state index contributed by atoms with van der Waals surface area (Å²) in [6.45, 7) is 2.58. The van der Waals surface area contributed by atoms with E-state index in [4.69, 9.17) is 4.74 Å². The molecule has 3 rings (SSSR count). The van der Waals surface area contributed by atoms with Crippen LogP contribution in [0.2, 0.25) is 0 Å². The summed E-state index contributed by atoms with van der Waals surface area (Å²) in [5.41, 5.74) is 2.08. The summed E-state index contributed by atoms with van der Waals surface area (Å²) in [5, 5.41) is 0. The van der Waals surface area contributed by atoms with Crippen molar-refractivity contribution in [3.8, 4) is 5.75 Å². The van der Waals surface area contributed by atoms with E-state index >= 15 is 0 Å². The molecular weight excluding hydrogens is 386 g/mol. The van der Waals surface area contributed by atoms with Gasteiger partial charge in [0.1, 0.15) is 5.75 Å². The number of carbonyl (C=O) groups is 1. The van der Waals surface area contributed by atoms with Crippen LogP contribution in [0.4, 0.5) is 0 Å². The minimum atomic E-state index is -3.48. The highest BCUT2D eigenvalue weighted by Gasteiger charge is 2.28. The van der Waals surface area contributed by atoms with Crippen molar-refractivity contribution in [3.63, 3.8) is 0 Å². The first-order chi connectivity index (χ1) is 13.9. The first-order valence-corrected chi connectivity index (χ1v) is 11.8. The molecule has 0 spiro atoms. The molecule has 156 valence electrons. The molecule has 6 heteroatoms. The fourth-order valence-electron chi connectivity index (χ4n) is 3.81. The van der Waals surface area contributed by atoms with Gasteiger partial charge in [-0.15, -0.1) is 0 Å². The maximum Gasteiger partial charge on any atom is 0.224 e. The van der Waals surface area contributed by atoms with Crippen LogP contribution in [0.15, 0.2) is 53.4 Å². The average Bonchev–Trinajstić information content (AvgIpc) is 2.99. The first-order valence-electron chi connectivity index (χ1n) is 10.1. The fraction of sp³-hybridized carbons (Fsp3) is 0.435. The average molecular weight is 416 g/mol. The van der Waals surface area contributed by atoms with Gasteiger partial charge >= 0.3 is 0 Å². The van der Waals surface area contributed by atoms with E-state index in [-0.39, 0.29) is 29.0 Å². The van der Waals surface area contributed by atoms with Gasteiger partial charge in [-0.05, 0) is 49.6 Å². The molecule has 0 bridgehead atoms. The number of amides is 1. The number of hydrogen-bond donors (Lipinski definition) is 0. The maximum atomic E-state index is 13.0. The first kappa shape index (κ1) is 21.4. The molecular formula is C23H29NO4S. The molecule has 0 N–H and O–H groups in total. The third-order valence-corrected chi connectivity index (χ3v) is 7.27. The van der Waals surface area contributed by atoms with Crippen LogP contribution < -0.4 is 4.74 Å². The van der Waals surface area contributed by atoms with Crippen molar-refractivity contribution in [1.82, 2.24) is 4.90 Å². The number of methoxy groups -OCH3 is 1. The second-order valence-corrected chi connectivity index (χ2v) is 9.72. The van der Waals surface area contributed by atoms with Crippen LogP contribution in [0.25, 0.3) is 0 Å². The molecule has 1 aliphatic heterocycles. The molecule has 2 aromatic carbocycles. The van der Waals surface area contributed by atoms with Crippen molar-refractivity contribution in [2.75, 3.05) is 19.4 Å². The molecule has 0 aliphatic carbocycles. The minimum Gasteiger partial charge on any atom is -0.497 e. The highest BCUT2D eigenvalue weighted by Crippen LogP contribution is 2.31. The van der Waals surface area contributed by atoms with Gasteiger partial charge < -0.3 is 9.64 Å². The molecule has 1 aliphatic rings. The molecule has 0 radical (unpaired) electrons. The number of ether oxygens (including phenoxy) is 1. The van der Waals surface area contributed by atoms with E-state index < -0.39 is 9.84 Å². The van der Waals surface area contributed by atoms with Gasteiger partial charge in [-0.3, -0.25) is 4.79 Å². The van der Waals surface area contributed by atoms with Crippen molar-refractivity contribution in [2.24, 2.45) is 0 Å². The van der Waals surface area contributed by atoms with Crippen LogP contribution in [-0.4, -0.2) is 38.6 Å². The molecule has 1 amide bonds.